The van der Waals surface area contributed by atoms with E-state index in [9.17, 15) is 4.79 Å². The molecule has 1 amide bonds. The van der Waals surface area contributed by atoms with Crippen molar-refractivity contribution in [1.29, 1.82) is 0 Å². The number of nitrogens with one attached hydrogen (secondary N) is 2. The van der Waals surface area contributed by atoms with Gasteiger partial charge in [-0.05, 0) is 18.6 Å². The van der Waals surface area contributed by atoms with Crippen molar-refractivity contribution in [1.82, 2.24) is 9.36 Å². The number of carbonyl (C=O) groups is 1. The molecule has 0 bridgehead atoms. The van der Waals surface area contributed by atoms with Crippen LogP contribution in [0.1, 0.15) is 17.3 Å². The predicted octanol–water partition coefficient (Wildman–Crippen LogP) is 1.99. The molecule has 5 nitrogen and oxygen atoms in total. The number of carbonyl (C=O) groups excluding carboxylic acids is 1. The van der Waals surface area contributed by atoms with Gasteiger partial charge in [0.25, 0.3) is 0 Å². The van der Waals surface area contributed by atoms with E-state index in [1.807, 2.05) is 24.3 Å². The van der Waals surface area contributed by atoms with Crippen molar-refractivity contribution in [2.75, 3.05) is 17.2 Å². The normalized spacial score (nSPS) is 17.1. The summed E-state index contributed by atoms with van der Waals surface area (Å²) in [6.07, 6.45) is 0. The van der Waals surface area contributed by atoms with Gasteiger partial charge in [-0.3, -0.25) is 4.79 Å². The van der Waals surface area contributed by atoms with Gasteiger partial charge in [0.05, 0.1) is 5.92 Å². The quantitative estimate of drug-likeness (QED) is 0.866. The Bertz CT molecular complexity index is 595. The first kappa shape index (κ1) is 11.2. The summed E-state index contributed by atoms with van der Waals surface area (Å²) in [5.41, 5.74) is 2.07. The second-order valence-corrected chi connectivity index (χ2v) is 4.91. The first-order valence-electron chi connectivity index (χ1n) is 5.68. The number of para-hydroxylation sites is 1. The van der Waals surface area contributed by atoms with E-state index < -0.39 is 0 Å². The van der Waals surface area contributed by atoms with Crippen LogP contribution in [0.25, 0.3) is 0 Å². The first-order chi connectivity index (χ1) is 8.74. The van der Waals surface area contributed by atoms with Crippen LogP contribution in [-0.4, -0.2) is 21.8 Å². The average molecular weight is 260 g/mol. The Morgan fingerprint density at radius 2 is 2.33 bits per heavy atom. The third kappa shape index (κ3) is 1.95. The number of benzene rings is 1. The molecule has 2 aromatic rings. The molecule has 1 aliphatic rings. The standard InChI is InChI=1S/C12H12N4OS/c1-7-14-12(18-16-7)15-11(17)9-6-13-10-5-3-2-4-8(9)10/h2-5,9,13H,6H2,1H3,(H,14,15,16,17). The van der Waals surface area contributed by atoms with Gasteiger partial charge in [0.2, 0.25) is 11.0 Å². The van der Waals surface area contributed by atoms with Crippen LogP contribution in [0.2, 0.25) is 0 Å². The highest BCUT2D eigenvalue weighted by Crippen LogP contribution is 2.31. The van der Waals surface area contributed by atoms with E-state index in [2.05, 4.69) is 20.0 Å². The minimum atomic E-state index is -0.162. The maximum Gasteiger partial charge on any atom is 0.235 e. The first-order valence-corrected chi connectivity index (χ1v) is 6.45. The van der Waals surface area contributed by atoms with Crippen LogP contribution in [0.3, 0.4) is 0 Å². The van der Waals surface area contributed by atoms with Gasteiger partial charge in [-0.15, -0.1) is 0 Å². The van der Waals surface area contributed by atoms with E-state index in [4.69, 9.17) is 0 Å². The van der Waals surface area contributed by atoms with Gasteiger partial charge in [-0.2, -0.15) is 4.37 Å². The minimum Gasteiger partial charge on any atom is -0.384 e. The van der Waals surface area contributed by atoms with Crippen molar-refractivity contribution in [2.45, 2.75) is 12.8 Å². The Hall–Kier alpha value is -1.95. The Morgan fingerprint density at radius 1 is 1.50 bits per heavy atom. The number of aryl methyl sites for hydroxylation is 1. The lowest BCUT2D eigenvalue weighted by atomic mass is 10.0. The monoisotopic (exact) mass is 260 g/mol. The highest BCUT2D eigenvalue weighted by Gasteiger charge is 2.28. The Balaban J connectivity index is 1.78. The summed E-state index contributed by atoms with van der Waals surface area (Å²) in [6.45, 7) is 2.43. The summed E-state index contributed by atoms with van der Waals surface area (Å²) >= 11 is 1.20. The fraction of sp³-hybridized carbons (Fsp3) is 0.250. The maximum atomic E-state index is 12.2. The van der Waals surface area contributed by atoms with Crippen LogP contribution in [0.4, 0.5) is 10.8 Å². The molecular formula is C12H12N4OS. The van der Waals surface area contributed by atoms with E-state index in [1.165, 1.54) is 11.5 Å². The molecule has 2 N–H and O–H groups in total. The molecule has 0 radical (unpaired) electrons. The Labute approximate surface area is 108 Å². The zero-order valence-corrected chi connectivity index (χ0v) is 10.6. The predicted molar refractivity (Wildman–Crippen MR) is 70.9 cm³/mol. The lowest BCUT2D eigenvalue weighted by Gasteiger charge is -2.08. The van der Waals surface area contributed by atoms with Crippen molar-refractivity contribution >= 4 is 28.3 Å². The van der Waals surface area contributed by atoms with E-state index in [-0.39, 0.29) is 11.8 Å². The van der Waals surface area contributed by atoms with Gasteiger partial charge in [-0.25, -0.2) is 4.98 Å². The Morgan fingerprint density at radius 3 is 3.11 bits per heavy atom. The van der Waals surface area contributed by atoms with Crippen LogP contribution in [-0.2, 0) is 4.79 Å². The highest BCUT2D eigenvalue weighted by atomic mass is 32.1. The lowest BCUT2D eigenvalue weighted by molar-refractivity contribution is -0.117. The number of amides is 1. The molecule has 0 fully saturated rings. The highest BCUT2D eigenvalue weighted by molar-refractivity contribution is 7.09. The van der Waals surface area contributed by atoms with Crippen LogP contribution < -0.4 is 10.6 Å². The van der Waals surface area contributed by atoms with Crippen LogP contribution in [0.15, 0.2) is 24.3 Å². The summed E-state index contributed by atoms with van der Waals surface area (Å²) in [5, 5.41) is 6.60. The van der Waals surface area contributed by atoms with Gasteiger partial charge in [-0.1, -0.05) is 18.2 Å². The van der Waals surface area contributed by atoms with Crippen LogP contribution in [0.5, 0.6) is 0 Å². The van der Waals surface area contributed by atoms with Gasteiger partial charge < -0.3 is 10.6 Å². The molecule has 2 heterocycles. The molecule has 1 atom stereocenters. The van der Waals surface area contributed by atoms with Crippen molar-refractivity contribution in [2.24, 2.45) is 0 Å². The topological polar surface area (TPSA) is 66.9 Å². The largest absolute Gasteiger partial charge is 0.384 e. The summed E-state index contributed by atoms with van der Waals surface area (Å²) in [5.74, 6) is 0.481. The summed E-state index contributed by atoms with van der Waals surface area (Å²) in [4.78, 5) is 16.3. The molecule has 1 aromatic carbocycles. The smallest absolute Gasteiger partial charge is 0.235 e. The molecule has 0 spiro atoms. The second kappa shape index (κ2) is 4.38. The average Bonchev–Trinajstić information content (AvgIpc) is 2.95. The van der Waals surface area contributed by atoms with Gasteiger partial charge in [0, 0.05) is 23.8 Å². The molecule has 1 unspecified atom stereocenters. The van der Waals surface area contributed by atoms with Crippen molar-refractivity contribution < 1.29 is 4.79 Å². The Kier molecular flexibility index (Phi) is 2.71. The van der Waals surface area contributed by atoms with Crippen molar-refractivity contribution in [3.8, 4) is 0 Å². The molecule has 92 valence electrons. The van der Waals surface area contributed by atoms with E-state index >= 15 is 0 Å². The third-order valence-electron chi connectivity index (χ3n) is 2.91. The minimum absolute atomic E-state index is 0.0383. The molecular weight excluding hydrogens is 248 g/mol. The molecule has 1 aromatic heterocycles. The van der Waals surface area contributed by atoms with Gasteiger partial charge in [0.1, 0.15) is 5.82 Å². The molecule has 18 heavy (non-hydrogen) atoms. The number of aromatic nitrogens is 2. The number of hydrogen-bond donors (Lipinski definition) is 2. The van der Waals surface area contributed by atoms with Crippen LogP contribution in [0, 0.1) is 6.92 Å². The van der Waals surface area contributed by atoms with Crippen molar-refractivity contribution in [3.05, 3.63) is 35.7 Å². The molecule has 0 saturated carbocycles. The number of fused-ring (bicyclic) bond motifs is 1. The summed E-state index contributed by atoms with van der Waals surface area (Å²) < 4.78 is 4.04. The zero-order chi connectivity index (χ0) is 12.5. The summed E-state index contributed by atoms with van der Waals surface area (Å²) in [6, 6.07) is 7.87. The third-order valence-corrected chi connectivity index (χ3v) is 3.63. The van der Waals surface area contributed by atoms with E-state index in [0.717, 1.165) is 11.3 Å². The van der Waals surface area contributed by atoms with Gasteiger partial charge in [0.15, 0.2) is 0 Å². The fourth-order valence-electron chi connectivity index (χ4n) is 2.06. The van der Waals surface area contributed by atoms with Gasteiger partial charge >= 0.3 is 0 Å². The number of rotatable bonds is 2. The zero-order valence-electron chi connectivity index (χ0n) is 9.80. The number of nitrogens with zero attached hydrogens (tertiary/aromatic N) is 2. The fourth-order valence-corrected chi connectivity index (χ4v) is 2.64. The molecule has 0 saturated heterocycles. The lowest BCUT2D eigenvalue weighted by Crippen LogP contribution is -2.22. The maximum absolute atomic E-state index is 12.2. The molecule has 3 rings (SSSR count). The number of anilines is 2. The van der Waals surface area contributed by atoms with E-state index in [0.29, 0.717) is 17.5 Å². The number of hydrogen-bond acceptors (Lipinski definition) is 5. The molecule has 0 aliphatic carbocycles. The molecule has 1 aliphatic heterocycles. The summed E-state index contributed by atoms with van der Waals surface area (Å²) in [7, 11) is 0. The second-order valence-electron chi connectivity index (χ2n) is 4.16. The SMILES string of the molecule is Cc1nsc(NC(=O)C2CNc3ccccc32)n1. The van der Waals surface area contributed by atoms with Crippen molar-refractivity contribution in [3.63, 3.8) is 0 Å². The van der Waals surface area contributed by atoms with Crippen LogP contribution >= 0.6 is 11.5 Å². The van der Waals surface area contributed by atoms with E-state index in [1.54, 1.807) is 6.92 Å². The molecule has 6 heteroatoms.